The molecule has 0 unspecified atom stereocenters. The summed E-state index contributed by atoms with van der Waals surface area (Å²) in [7, 11) is 0. The number of hydrogen-bond donors (Lipinski definition) is 0. The van der Waals surface area contributed by atoms with Crippen LogP contribution in [-0.2, 0) is 4.79 Å². The first kappa shape index (κ1) is 14.8. The van der Waals surface area contributed by atoms with Gasteiger partial charge in [-0.05, 0) is 62.4 Å². The Labute approximate surface area is 140 Å². The summed E-state index contributed by atoms with van der Waals surface area (Å²) in [6, 6.07) is 4.30. The van der Waals surface area contributed by atoms with Crippen LogP contribution in [0.1, 0.15) is 37.2 Å². The summed E-state index contributed by atoms with van der Waals surface area (Å²) in [4.78, 5) is 17.3. The summed E-state index contributed by atoms with van der Waals surface area (Å²) in [5, 5.41) is 0. The van der Waals surface area contributed by atoms with E-state index in [1.165, 1.54) is 12.1 Å². The fourth-order valence-electron chi connectivity index (χ4n) is 5.32. The molecule has 1 amide bonds. The molecule has 1 saturated carbocycles. The highest BCUT2D eigenvalue weighted by Crippen LogP contribution is 2.48. The Kier molecular flexibility index (Phi) is 3.24. The van der Waals surface area contributed by atoms with Gasteiger partial charge in [0.05, 0.1) is 6.04 Å². The highest BCUT2D eigenvalue weighted by Gasteiger charge is 2.55. The summed E-state index contributed by atoms with van der Waals surface area (Å²) in [5.41, 5.74) is 0.709. The largest absolute Gasteiger partial charge is 0.337 e. The molecule has 3 atom stereocenters. The smallest absolute Gasteiger partial charge is 0.226 e. The number of nitrogens with zero attached hydrogens (tertiary/aromatic N) is 2. The first-order chi connectivity index (χ1) is 11.6. The van der Waals surface area contributed by atoms with E-state index in [1.54, 1.807) is 0 Å². The normalized spacial score (nSPS) is 37.6. The average Bonchev–Trinajstić information content (AvgIpc) is 3.33. The Balaban J connectivity index is 1.54. The fourth-order valence-corrected chi connectivity index (χ4v) is 5.32. The van der Waals surface area contributed by atoms with Crippen molar-refractivity contribution in [1.82, 2.24) is 9.80 Å². The van der Waals surface area contributed by atoms with Gasteiger partial charge >= 0.3 is 0 Å². The van der Waals surface area contributed by atoms with Gasteiger partial charge in [0.25, 0.3) is 0 Å². The molecule has 3 nitrogen and oxygen atoms in total. The van der Waals surface area contributed by atoms with Gasteiger partial charge in [0, 0.05) is 30.5 Å². The zero-order valence-electron chi connectivity index (χ0n) is 13.6. The van der Waals surface area contributed by atoms with E-state index in [9.17, 15) is 13.6 Å². The van der Waals surface area contributed by atoms with Gasteiger partial charge < -0.3 is 4.90 Å². The Hall–Kier alpha value is -1.49. The SMILES string of the molecule is O=C(C1CC1)N1C[C@H](c2cc(F)cc(F)c2)[C@H]2[C@@H]1C1CCN2CC1. The number of piperidine rings is 3. The van der Waals surface area contributed by atoms with E-state index in [4.69, 9.17) is 0 Å². The number of carbonyl (C=O) groups is 1. The summed E-state index contributed by atoms with van der Waals surface area (Å²) in [6.45, 7) is 2.71. The maximum Gasteiger partial charge on any atom is 0.226 e. The molecule has 5 heteroatoms. The minimum absolute atomic E-state index is 0.0194. The van der Waals surface area contributed by atoms with Gasteiger partial charge in [-0.3, -0.25) is 9.69 Å². The predicted octanol–water partition coefficient (Wildman–Crippen LogP) is 2.76. The molecule has 0 aromatic heterocycles. The fraction of sp³-hybridized carbons (Fsp3) is 0.632. The van der Waals surface area contributed by atoms with Crippen LogP contribution in [0, 0.1) is 23.5 Å². The van der Waals surface area contributed by atoms with Crippen LogP contribution in [0.5, 0.6) is 0 Å². The molecule has 0 spiro atoms. The van der Waals surface area contributed by atoms with Crippen molar-refractivity contribution in [1.29, 1.82) is 0 Å². The quantitative estimate of drug-likeness (QED) is 0.831. The summed E-state index contributed by atoms with van der Waals surface area (Å²) >= 11 is 0. The summed E-state index contributed by atoms with van der Waals surface area (Å²) in [5.74, 6) is -0.00620. The van der Waals surface area contributed by atoms with E-state index in [0.717, 1.165) is 44.8 Å². The lowest BCUT2D eigenvalue weighted by Gasteiger charge is -2.51. The maximum absolute atomic E-state index is 13.8. The van der Waals surface area contributed by atoms with Gasteiger partial charge in [-0.2, -0.15) is 0 Å². The maximum atomic E-state index is 13.8. The van der Waals surface area contributed by atoms with Gasteiger partial charge in [-0.1, -0.05) is 0 Å². The second-order valence-electron chi connectivity index (χ2n) is 7.93. The highest BCUT2D eigenvalue weighted by molar-refractivity contribution is 5.82. The topological polar surface area (TPSA) is 23.6 Å². The molecular formula is C19H22F2N2O. The van der Waals surface area contributed by atoms with E-state index in [-0.39, 0.29) is 29.8 Å². The summed E-state index contributed by atoms with van der Waals surface area (Å²) in [6.07, 6.45) is 4.28. The molecule has 0 radical (unpaired) electrons. The van der Waals surface area contributed by atoms with Crippen molar-refractivity contribution >= 4 is 5.91 Å². The van der Waals surface area contributed by atoms with Crippen molar-refractivity contribution in [2.45, 2.75) is 43.7 Å². The number of amides is 1. The molecular weight excluding hydrogens is 310 g/mol. The predicted molar refractivity (Wildman–Crippen MR) is 85.4 cm³/mol. The Morgan fingerprint density at radius 3 is 2.25 bits per heavy atom. The number of benzene rings is 1. The lowest BCUT2D eigenvalue weighted by Crippen LogP contribution is -2.60. The first-order valence-corrected chi connectivity index (χ1v) is 9.12. The molecule has 0 N–H and O–H groups in total. The Morgan fingerprint density at radius 1 is 0.958 bits per heavy atom. The van der Waals surface area contributed by atoms with Crippen LogP contribution >= 0.6 is 0 Å². The minimum Gasteiger partial charge on any atom is -0.337 e. The molecule has 128 valence electrons. The number of rotatable bonds is 2. The second kappa shape index (κ2) is 5.25. The molecule has 5 aliphatic rings. The molecule has 1 aromatic rings. The van der Waals surface area contributed by atoms with E-state index in [0.29, 0.717) is 18.0 Å². The molecule has 4 saturated heterocycles. The molecule has 1 aliphatic carbocycles. The number of hydrogen-bond acceptors (Lipinski definition) is 2. The van der Waals surface area contributed by atoms with Gasteiger partial charge in [-0.15, -0.1) is 0 Å². The Morgan fingerprint density at radius 2 is 1.62 bits per heavy atom. The standard InChI is InChI=1S/C19H22F2N2O/c20-14-7-13(8-15(21)9-14)16-10-23(19(24)12-1-2-12)17-11-3-5-22(6-4-11)18(16)17/h7-9,11-12,16-18H,1-6,10H2/t16-,17+,18+/m1/s1. The van der Waals surface area contributed by atoms with Crippen LogP contribution in [-0.4, -0.2) is 47.4 Å². The van der Waals surface area contributed by atoms with Crippen LogP contribution < -0.4 is 0 Å². The van der Waals surface area contributed by atoms with Crippen molar-refractivity contribution in [3.8, 4) is 0 Å². The third-order valence-electron chi connectivity index (χ3n) is 6.52. The van der Waals surface area contributed by atoms with Crippen molar-refractivity contribution in [2.24, 2.45) is 11.8 Å². The van der Waals surface area contributed by atoms with Gasteiger partial charge in [0.2, 0.25) is 5.91 Å². The summed E-state index contributed by atoms with van der Waals surface area (Å²) < 4.78 is 27.5. The van der Waals surface area contributed by atoms with Crippen molar-refractivity contribution < 1.29 is 13.6 Å². The van der Waals surface area contributed by atoms with Crippen molar-refractivity contribution in [3.05, 3.63) is 35.4 Å². The van der Waals surface area contributed by atoms with Crippen LogP contribution in [0.4, 0.5) is 8.78 Å². The first-order valence-electron chi connectivity index (χ1n) is 9.12. The molecule has 24 heavy (non-hydrogen) atoms. The molecule has 2 bridgehead atoms. The lowest BCUT2D eigenvalue weighted by molar-refractivity contribution is -0.137. The highest BCUT2D eigenvalue weighted by atomic mass is 19.1. The number of likely N-dealkylation sites (tertiary alicyclic amines) is 1. The average molecular weight is 332 g/mol. The molecule has 4 heterocycles. The number of fused-ring (bicyclic) bond motifs is 2. The van der Waals surface area contributed by atoms with Crippen molar-refractivity contribution in [3.63, 3.8) is 0 Å². The van der Waals surface area contributed by atoms with Crippen LogP contribution in [0.2, 0.25) is 0 Å². The zero-order chi connectivity index (χ0) is 16.4. The molecule has 4 aliphatic heterocycles. The van der Waals surface area contributed by atoms with E-state index >= 15 is 0 Å². The van der Waals surface area contributed by atoms with Gasteiger partial charge in [0.15, 0.2) is 0 Å². The van der Waals surface area contributed by atoms with Crippen LogP contribution in [0.3, 0.4) is 0 Å². The third-order valence-corrected chi connectivity index (χ3v) is 6.52. The van der Waals surface area contributed by atoms with E-state index < -0.39 is 11.6 Å². The van der Waals surface area contributed by atoms with Crippen LogP contribution in [0.15, 0.2) is 18.2 Å². The van der Waals surface area contributed by atoms with Crippen molar-refractivity contribution in [2.75, 3.05) is 19.6 Å². The van der Waals surface area contributed by atoms with Crippen LogP contribution in [0.25, 0.3) is 0 Å². The number of carbonyl (C=O) groups excluding carboxylic acids is 1. The third kappa shape index (κ3) is 2.20. The zero-order valence-corrected chi connectivity index (χ0v) is 13.6. The number of halogens is 2. The second-order valence-corrected chi connectivity index (χ2v) is 7.93. The Bertz CT molecular complexity index is 662. The minimum atomic E-state index is -0.524. The lowest BCUT2D eigenvalue weighted by atomic mass is 9.75. The van der Waals surface area contributed by atoms with Gasteiger partial charge in [0.1, 0.15) is 11.6 Å². The molecule has 1 aromatic carbocycles. The van der Waals surface area contributed by atoms with E-state index in [1.807, 2.05) is 0 Å². The molecule has 5 fully saturated rings. The monoisotopic (exact) mass is 332 g/mol. The molecule has 6 rings (SSSR count). The van der Waals surface area contributed by atoms with E-state index in [2.05, 4.69) is 9.80 Å². The van der Waals surface area contributed by atoms with Gasteiger partial charge in [-0.25, -0.2) is 8.78 Å².